The zero-order valence-electron chi connectivity index (χ0n) is 12.4. The minimum absolute atomic E-state index is 0.167. The van der Waals surface area contributed by atoms with Gasteiger partial charge in [-0.05, 0) is 42.5 Å². The summed E-state index contributed by atoms with van der Waals surface area (Å²) >= 11 is 3.44. The van der Waals surface area contributed by atoms with E-state index in [4.69, 9.17) is 0 Å². The highest BCUT2D eigenvalue weighted by molar-refractivity contribution is 9.10. The van der Waals surface area contributed by atoms with Crippen molar-refractivity contribution in [1.29, 1.82) is 0 Å². The van der Waals surface area contributed by atoms with Gasteiger partial charge in [-0.15, -0.1) is 0 Å². The third kappa shape index (κ3) is 2.98. The van der Waals surface area contributed by atoms with Gasteiger partial charge >= 0.3 is 5.97 Å². The first-order valence-corrected chi connectivity index (χ1v) is 7.99. The average Bonchev–Trinajstić information content (AvgIpc) is 2.43. The Hall–Kier alpha value is -1.36. The van der Waals surface area contributed by atoms with Crippen LogP contribution in [-0.4, -0.2) is 34.0 Å². The van der Waals surface area contributed by atoms with Crippen LogP contribution in [0.3, 0.4) is 0 Å². The Balaban J connectivity index is 2.43. The molecule has 0 spiro atoms. The molecule has 1 aliphatic rings. The van der Waals surface area contributed by atoms with Crippen LogP contribution in [0.25, 0.3) is 0 Å². The Morgan fingerprint density at radius 1 is 1.38 bits per heavy atom. The summed E-state index contributed by atoms with van der Waals surface area (Å²) in [4.78, 5) is 25.5. The van der Waals surface area contributed by atoms with Crippen LogP contribution in [0.4, 0.5) is 0 Å². The van der Waals surface area contributed by atoms with Crippen LogP contribution < -0.4 is 0 Å². The van der Waals surface area contributed by atoms with E-state index >= 15 is 0 Å². The number of carbonyl (C=O) groups excluding carboxylic acids is 1. The van der Waals surface area contributed by atoms with Crippen molar-refractivity contribution in [3.63, 3.8) is 0 Å². The SMILES string of the molecule is CCCN(C(C)=O)C1(C(=O)O)CCc2cc(Br)ccc2C1. The molecular formula is C16H20BrNO3. The minimum atomic E-state index is -1.11. The van der Waals surface area contributed by atoms with E-state index in [2.05, 4.69) is 15.9 Å². The number of amides is 1. The lowest BCUT2D eigenvalue weighted by Gasteiger charge is -2.43. The largest absolute Gasteiger partial charge is 0.479 e. The summed E-state index contributed by atoms with van der Waals surface area (Å²) in [6.07, 6.45) is 2.27. The molecule has 0 aromatic heterocycles. The van der Waals surface area contributed by atoms with Crippen LogP contribution >= 0.6 is 15.9 Å². The van der Waals surface area contributed by atoms with E-state index in [1.807, 2.05) is 25.1 Å². The van der Waals surface area contributed by atoms with Gasteiger partial charge in [0.1, 0.15) is 5.54 Å². The van der Waals surface area contributed by atoms with Gasteiger partial charge < -0.3 is 10.0 Å². The fraction of sp³-hybridized carbons (Fsp3) is 0.500. The molecule has 1 aromatic rings. The molecule has 0 bridgehead atoms. The van der Waals surface area contributed by atoms with Gasteiger partial charge in [-0.3, -0.25) is 4.79 Å². The third-order valence-corrected chi connectivity index (χ3v) is 4.69. The molecule has 0 saturated carbocycles. The second-order valence-corrected chi connectivity index (χ2v) is 6.51. The molecule has 114 valence electrons. The molecular weight excluding hydrogens is 334 g/mol. The summed E-state index contributed by atoms with van der Waals surface area (Å²) in [5.41, 5.74) is 1.08. The molecule has 0 radical (unpaired) electrons. The van der Waals surface area contributed by atoms with E-state index in [0.717, 1.165) is 16.5 Å². The summed E-state index contributed by atoms with van der Waals surface area (Å²) in [5, 5.41) is 9.81. The molecule has 0 aliphatic heterocycles. The fourth-order valence-corrected chi connectivity index (χ4v) is 3.58. The molecule has 0 fully saturated rings. The van der Waals surface area contributed by atoms with E-state index < -0.39 is 11.5 Å². The molecule has 1 aromatic carbocycles. The molecule has 1 unspecified atom stereocenters. The van der Waals surface area contributed by atoms with E-state index in [-0.39, 0.29) is 5.91 Å². The van der Waals surface area contributed by atoms with E-state index in [9.17, 15) is 14.7 Å². The van der Waals surface area contributed by atoms with Gasteiger partial charge in [0.05, 0.1) is 0 Å². The number of hydrogen-bond donors (Lipinski definition) is 1. The lowest BCUT2D eigenvalue weighted by Crippen LogP contribution is -2.59. The molecule has 1 N–H and O–H groups in total. The van der Waals surface area contributed by atoms with Crippen molar-refractivity contribution < 1.29 is 14.7 Å². The van der Waals surface area contributed by atoms with Gasteiger partial charge in [-0.25, -0.2) is 4.79 Å². The second kappa shape index (κ2) is 6.18. The predicted molar refractivity (Wildman–Crippen MR) is 84.2 cm³/mol. The summed E-state index contributed by atoms with van der Waals surface area (Å²) in [6, 6.07) is 5.92. The highest BCUT2D eigenvalue weighted by Crippen LogP contribution is 2.35. The molecule has 0 heterocycles. The average molecular weight is 354 g/mol. The normalized spacial score (nSPS) is 20.7. The quantitative estimate of drug-likeness (QED) is 0.904. The zero-order valence-corrected chi connectivity index (χ0v) is 13.9. The Kier molecular flexibility index (Phi) is 4.71. The van der Waals surface area contributed by atoms with Gasteiger partial charge in [0.2, 0.25) is 5.91 Å². The number of aryl methyl sites for hydroxylation is 1. The van der Waals surface area contributed by atoms with Crippen molar-refractivity contribution in [3.8, 4) is 0 Å². The monoisotopic (exact) mass is 353 g/mol. The Morgan fingerprint density at radius 3 is 2.67 bits per heavy atom. The number of carbonyl (C=O) groups is 2. The Morgan fingerprint density at radius 2 is 2.10 bits per heavy atom. The molecule has 1 atom stereocenters. The third-order valence-electron chi connectivity index (χ3n) is 4.20. The minimum Gasteiger partial charge on any atom is -0.479 e. The second-order valence-electron chi connectivity index (χ2n) is 5.60. The Labute approximate surface area is 133 Å². The summed E-state index contributed by atoms with van der Waals surface area (Å²) in [5.74, 6) is -1.07. The number of rotatable bonds is 4. The van der Waals surface area contributed by atoms with Crippen LogP contribution in [0.2, 0.25) is 0 Å². The number of fused-ring (bicyclic) bond motifs is 1. The van der Waals surface area contributed by atoms with Crippen LogP contribution in [0.5, 0.6) is 0 Å². The summed E-state index contributed by atoms with van der Waals surface area (Å²) < 4.78 is 1.00. The number of carboxylic acid groups (broad SMARTS) is 1. The van der Waals surface area contributed by atoms with Crippen LogP contribution in [0.15, 0.2) is 22.7 Å². The van der Waals surface area contributed by atoms with Gasteiger partial charge in [-0.2, -0.15) is 0 Å². The number of halogens is 1. The maximum Gasteiger partial charge on any atom is 0.329 e. The molecule has 1 amide bonds. The predicted octanol–water partition coefficient (Wildman–Crippen LogP) is 3.02. The van der Waals surface area contributed by atoms with E-state index in [1.165, 1.54) is 12.5 Å². The Bertz CT molecular complexity index is 573. The molecule has 5 heteroatoms. The van der Waals surface area contributed by atoms with Crippen LogP contribution in [0, 0.1) is 0 Å². The molecule has 1 aliphatic carbocycles. The van der Waals surface area contributed by atoms with Gasteiger partial charge in [0.25, 0.3) is 0 Å². The summed E-state index contributed by atoms with van der Waals surface area (Å²) in [7, 11) is 0. The lowest BCUT2D eigenvalue weighted by molar-refractivity contribution is -0.159. The van der Waals surface area contributed by atoms with Crippen molar-refractivity contribution >= 4 is 27.8 Å². The smallest absolute Gasteiger partial charge is 0.329 e. The molecule has 2 rings (SSSR count). The number of nitrogens with zero attached hydrogens (tertiary/aromatic N) is 1. The standard InChI is InChI=1S/C16H20BrNO3/c1-3-8-18(11(2)19)16(15(20)21)7-6-12-9-14(17)5-4-13(12)10-16/h4-5,9H,3,6-8,10H2,1-2H3,(H,20,21). The summed E-state index contributed by atoms with van der Waals surface area (Å²) in [6.45, 7) is 3.89. The van der Waals surface area contributed by atoms with E-state index in [0.29, 0.717) is 25.8 Å². The first-order valence-electron chi connectivity index (χ1n) is 7.19. The number of hydrogen-bond acceptors (Lipinski definition) is 2. The van der Waals surface area contributed by atoms with E-state index in [1.54, 1.807) is 4.90 Å². The lowest BCUT2D eigenvalue weighted by atomic mass is 9.76. The molecule has 4 nitrogen and oxygen atoms in total. The molecule has 0 saturated heterocycles. The molecule has 21 heavy (non-hydrogen) atoms. The van der Waals surface area contributed by atoms with Crippen LogP contribution in [-0.2, 0) is 22.4 Å². The number of aliphatic carboxylic acids is 1. The maximum atomic E-state index is 12.0. The van der Waals surface area contributed by atoms with Crippen molar-refractivity contribution in [2.45, 2.75) is 45.1 Å². The maximum absolute atomic E-state index is 12.0. The fourth-order valence-electron chi connectivity index (χ4n) is 3.17. The topological polar surface area (TPSA) is 57.6 Å². The van der Waals surface area contributed by atoms with Gasteiger partial charge in [0.15, 0.2) is 0 Å². The highest BCUT2D eigenvalue weighted by Gasteiger charge is 2.47. The number of benzene rings is 1. The first kappa shape index (κ1) is 16.0. The van der Waals surface area contributed by atoms with Gasteiger partial charge in [0, 0.05) is 24.4 Å². The van der Waals surface area contributed by atoms with Gasteiger partial charge in [-0.1, -0.05) is 28.9 Å². The van der Waals surface area contributed by atoms with Crippen LogP contribution in [0.1, 0.15) is 37.8 Å². The first-order chi connectivity index (χ1) is 9.90. The van der Waals surface area contributed by atoms with Crippen molar-refractivity contribution in [2.75, 3.05) is 6.54 Å². The van der Waals surface area contributed by atoms with Crippen molar-refractivity contribution in [2.24, 2.45) is 0 Å². The number of carboxylic acids is 1. The zero-order chi connectivity index (χ0) is 15.6. The highest BCUT2D eigenvalue weighted by atomic mass is 79.9. The van der Waals surface area contributed by atoms with Crippen molar-refractivity contribution in [1.82, 2.24) is 4.90 Å². The van der Waals surface area contributed by atoms with Crippen molar-refractivity contribution in [3.05, 3.63) is 33.8 Å².